The van der Waals surface area contributed by atoms with E-state index in [1.165, 1.54) is 12.1 Å². The van der Waals surface area contributed by atoms with Crippen LogP contribution in [-0.2, 0) is 17.5 Å². The maximum atomic E-state index is 13.3. The summed E-state index contributed by atoms with van der Waals surface area (Å²) in [4.78, 5) is 21.7. The van der Waals surface area contributed by atoms with Gasteiger partial charge in [0, 0.05) is 36.8 Å². The second kappa shape index (κ2) is 9.65. The predicted molar refractivity (Wildman–Crippen MR) is 118 cm³/mol. The molecule has 0 bridgehead atoms. The van der Waals surface area contributed by atoms with Crippen molar-refractivity contribution in [3.63, 3.8) is 0 Å². The Bertz CT molecular complexity index is 1180. The zero-order valence-electron chi connectivity index (χ0n) is 18.0. The van der Waals surface area contributed by atoms with E-state index in [-0.39, 0.29) is 17.3 Å². The van der Waals surface area contributed by atoms with E-state index in [0.717, 1.165) is 12.1 Å². The number of aromatic nitrogens is 2. The average molecular weight is 473 g/mol. The van der Waals surface area contributed by atoms with E-state index in [0.29, 0.717) is 55.5 Å². The van der Waals surface area contributed by atoms with Crippen molar-refractivity contribution >= 4 is 11.7 Å². The number of morpholine rings is 1. The number of carbonyl (C=O) groups is 1. The lowest BCUT2D eigenvalue weighted by atomic mass is 10.1. The Morgan fingerprint density at radius 3 is 2.41 bits per heavy atom. The lowest BCUT2D eigenvalue weighted by Crippen LogP contribution is -2.35. The van der Waals surface area contributed by atoms with Gasteiger partial charge in [-0.1, -0.05) is 0 Å². The van der Waals surface area contributed by atoms with Gasteiger partial charge in [0.05, 0.1) is 18.8 Å². The zero-order chi connectivity index (χ0) is 24.3. The number of nitrogens with zero attached hydrogens (tertiary/aromatic N) is 3. The molecule has 0 radical (unpaired) electrons. The Morgan fingerprint density at radius 2 is 1.76 bits per heavy atom. The van der Waals surface area contributed by atoms with Gasteiger partial charge in [-0.3, -0.25) is 9.69 Å². The first-order valence-corrected chi connectivity index (χ1v) is 10.4. The van der Waals surface area contributed by atoms with Crippen molar-refractivity contribution in [3.8, 4) is 22.9 Å². The quantitative estimate of drug-likeness (QED) is 0.563. The van der Waals surface area contributed by atoms with Gasteiger partial charge in [0.25, 0.3) is 5.91 Å². The van der Waals surface area contributed by atoms with E-state index in [1.807, 2.05) is 4.90 Å². The van der Waals surface area contributed by atoms with Gasteiger partial charge in [0.2, 0.25) is 0 Å². The lowest BCUT2D eigenvalue weighted by Gasteiger charge is -2.27. The molecule has 34 heavy (non-hydrogen) atoms. The molecule has 3 aromatic rings. The highest BCUT2D eigenvalue weighted by Gasteiger charge is 2.31. The van der Waals surface area contributed by atoms with Crippen LogP contribution < -0.4 is 16.2 Å². The maximum absolute atomic E-state index is 13.3. The standard InChI is InChI=1S/C23H22F3N5O3/c24-23(25,26)16-3-6-19(15(11-16)13-31-7-9-33-10-8-31)34-17-4-1-14(2-5-17)22-29-18(21(28)32)12-20(27)30-22/h1-6,11-12H,7-10,13H2,(H2,28,32)(H2,27,29,30). The molecule has 1 saturated heterocycles. The zero-order valence-corrected chi connectivity index (χ0v) is 18.0. The SMILES string of the molecule is NC(=O)c1cc(N)nc(-c2ccc(Oc3ccc(C(F)(F)F)cc3CN3CCOCC3)cc2)n1. The molecule has 0 spiro atoms. The van der Waals surface area contributed by atoms with Gasteiger partial charge < -0.3 is 20.9 Å². The molecule has 178 valence electrons. The number of ether oxygens (including phenoxy) is 2. The van der Waals surface area contributed by atoms with Crippen molar-refractivity contribution in [3.05, 3.63) is 65.4 Å². The van der Waals surface area contributed by atoms with Crippen LogP contribution in [0.3, 0.4) is 0 Å². The highest BCUT2D eigenvalue weighted by molar-refractivity contribution is 5.91. The second-order valence-corrected chi connectivity index (χ2v) is 7.70. The normalized spacial score (nSPS) is 14.7. The van der Waals surface area contributed by atoms with Crippen LogP contribution in [0.15, 0.2) is 48.5 Å². The lowest BCUT2D eigenvalue weighted by molar-refractivity contribution is -0.137. The van der Waals surface area contributed by atoms with Crippen LogP contribution in [0.1, 0.15) is 21.6 Å². The Morgan fingerprint density at radius 1 is 1.06 bits per heavy atom. The summed E-state index contributed by atoms with van der Waals surface area (Å²) in [6.07, 6.45) is -4.46. The van der Waals surface area contributed by atoms with Gasteiger partial charge in [-0.25, -0.2) is 9.97 Å². The largest absolute Gasteiger partial charge is 0.457 e. The van der Waals surface area contributed by atoms with Crippen LogP contribution in [0.4, 0.5) is 19.0 Å². The van der Waals surface area contributed by atoms with Gasteiger partial charge in [0.15, 0.2) is 5.82 Å². The Kier molecular flexibility index (Phi) is 6.66. The van der Waals surface area contributed by atoms with Gasteiger partial charge in [0.1, 0.15) is 23.0 Å². The summed E-state index contributed by atoms with van der Waals surface area (Å²) in [6, 6.07) is 11.3. The highest BCUT2D eigenvalue weighted by atomic mass is 19.4. The first-order valence-electron chi connectivity index (χ1n) is 10.4. The Hall–Kier alpha value is -3.70. The van der Waals surface area contributed by atoms with Gasteiger partial charge in [-0.2, -0.15) is 13.2 Å². The van der Waals surface area contributed by atoms with Crippen LogP contribution in [0, 0.1) is 0 Å². The molecule has 2 aromatic carbocycles. The van der Waals surface area contributed by atoms with Crippen molar-refractivity contribution in [2.45, 2.75) is 12.7 Å². The summed E-state index contributed by atoms with van der Waals surface area (Å²) in [6.45, 7) is 2.60. The average Bonchev–Trinajstić information content (AvgIpc) is 2.80. The number of amides is 1. The number of nitrogens with two attached hydrogens (primary N) is 2. The number of nitrogen functional groups attached to an aromatic ring is 1. The van der Waals surface area contributed by atoms with E-state index in [2.05, 4.69) is 9.97 Å². The minimum Gasteiger partial charge on any atom is -0.457 e. The minimum atomic E-state index is -4.46. The summed E-state index contributed by atoms with van der Waals surface area (Å²) in [5, 5.41) is 0. The summed E-state index contributed by atoms with van der Waals surface area (Å²) >= 11 is 0. The van der Waals surface area contributed by atoms with Crippen LogP contribution in [-0.4, -0.2) is 47.1 Å². The molecule has 0 saturated carbocycles. The number of hydrogen-bond acceptors (Lipinski definition) is 7. The fourth-order valence-corrected chi connectivity index (χ4v) is 3.50. The third-order valence-electron chi connectivity index (χ3n) is 5.22. The number of alkyl halides is 3. The number of rotatable bonds is 6. The molecule has 1 aliphatic rings. The molecule has 2 heterocycles. The maximum Gasteiger partial charge on any atom is 0.416 e. The van der Waals surface area contributed by atoms with Crippen LogP contribution in [0.25, 0.3) is 11.4 Å². The fraction of sp³-hybridized carbons (Fsp3) is 0.261. The topological polar surface area (TPSA) is 117 Å². The van der Waals surface area contributed by atoms with Gasteiger partial charge in [-0.15, -0.1) is 0 Å². The number of primary amides is 1. The number of benzene rings is 2. The Balaban J connectivity index is 1.59. The molecule has 4 rings (SSSR count). The molecule has 8 nitrogen and oxygen atoms in total. The molecule has 1 fully saturated rings. The van der Waals surface area contributed by atoms with E-state index in [9.17, 15) is 18.0 Å². The number of carbonyl (C=O) groups excluding carboxylic acids is 1. The summed E-state index contributed by atoms with van der Waals surface area (Å²) in [5.41, 5.74) is 11.2. The number of hydrogen-bond donors (Lipinski definition) is 2. The van der Waals surface area contributed by atoms with E-state index in [4.69, 9.17) is 20.9 Å². The van der Waals surface area contributed by atoms with E-state index >= 15 is 0 Å². The first-order chi connectivity index (χ1) is 16.2. The van der Waals surface area contributed by atoms with Crippen molar-refractivity contribution in [2.24, 2.45) is 5.73 Å². The van der Waals surface area contributed by atoms with Crippen LogP contribution in [0.2, 0.25) is 0 Å². The monoisotopic (exact) mass is 473 g/mol. The number of halogens is 3. The molecule has 1 amide bonds. The molecular formula is C23H22F3N5O3. The van der Waals surface area contributed by atoms with Crippen LogP contribution in [0.5, 0.6) is 11.5 Å². The van der Waals surface area contributed by atoms with Crippen molar-refractivity contribution in [1.82, 2.24) is 14.9 Å². The molecule has 4 N–H and O–H groups in total. The van der Waals surface area contributed by atoms with Gasteiger partial charge >= 0.3 is 6.18 Å². The first kappa shape index (κ1) is 23.5. The van der Waals surface area contributed by atoms with Gasteiger partial charge in [-0.05, 0) is 42.5 Å². The van der Waals surface area contributed by atoms with Crippen molar-refractivity contribution in [1.29, 1.82) is 0 Å². The predicted octanol–water partition coefficient (Wildman–Crippen LogP) is 3.47. The molecule has 1 aromatic heterocycles. The van der Waals surface area contributed by atoms with Crippen molar-refractivity contribution < 1.29 is 27.4 Å². The molecule has 0 aliphatic carbocycles. The summed E-state index contributed by atoms with van der Waals surface area (Å²) < 4.78 is 51.1. The second-order valence-electron chi connectivity index (χ2n) is 7.70. The van der Waals surface area contributed by atoms with Crippen molar-refractivity contribution in [2.75, 3.05) is 32.0 Å². The smallest absolute Gasteiger partial charge is 0.416 e. The van der Waals surface area contributed by atoms with E-state index in [1.54, 1.807) is 24.3 Å². The molecule has 0 atom stereocenters. The molecule has 1 aliphatic heterocycles. The third kappa shape index (κ3) is 5.61. The summed E-state index contributed by atoms with van der Waals surface area (Å²) in [5.74, 6) is 0.305. The minimum absolute atomic E-state index is 0.0136. The molecule has 11 heteroatoms. The molecular weight excluding hydrogens is 451 g/mol. The van der Waals surface area contributed by atoms with Crippen LogP contribution >= 0.6 is 0 Å². The Labute approximate surface area is 193 Å². The molecule has 0 unspecified atom stereocenters. The van der Waals surface area contributed by atoms with E-state index < -0.39 is 17.6 Å². The highest BCUT2D eigenvalue weighted by Crippen LogP contribution is 2.35. The number of anilines is 1. The summed E-state index contributed by atoms with van der Waals surface area (Å²) in [7, 11) is 0. The fourth-order valence-electron chi connectivity index (χ4n) is 3.50. The third-order valence-corrected chi connectivity index (χ3v) is 5.22.